The van der Waals surface area contributed by atoms with Gasteiger partial charge in [0.05, 0.1) is 6.04 Å². The van der Waals surface area contributed by atoms with Crippen LogP contribution in [0.5, 0.6) is 11.5 Å². The largest absolute Gasteiger partial charge is 0.454 e. The Bertz CT molecular complexity index is 1170. The summed E-state index contributed by atoms with van der Waals surface area (Å²) in [6.45, 7) is 2.00. The first kappa shape index (κ1) is 20.2. The van der Waals surface area contributed by atoms with Gasteiger partial charge in [0.25, 0.3) is 5.91 Å². The molecule has 5 rings (SSSR count). The van der Waals surface area contributed by atoms with E-state index in [0.29, 0.717) is 17.2 Å². The molecular formula is C22H19F3N4O3. The van der Waals surface area contributed by atoms with Crippen LogP contribution in [0.2, 0.25) is 0 Å². The number of alkyl halides is 3. The Balaban J connectivity index is 1.42. The normalized spacial score (nSPS) is 19.2. The van der Waals surface area contributed by atoms with Gasteiger partial charge in [0.2, 0.25) is 6.79 Å². The van der Waals surface area contributed by atoms with Crippen LogP contribution < -0.4 is 20.1 Å². The molecule has 0 fully saturated rings. The van der Waals surface area contributed by atoms with Crippen LogP contribution in [-0.4, -0.2) is 28.7 Å². The number of carbonyl (C=O) groups excluding carboxylic acids is 1. The van der Waals surface area contributed by atoms with Crippen molar-refractivity contribution in [1.82, 2.24) is 9.78 Å². The Morgan fingerprint density at radius 2 is 1.88 bits per heavy atom. The van der Waals surface area contributed by atoms with Crippen molar-refractivity contribution in [3.63, 3.8) is 0 Å². The lowest BCUT2D eigenvalue weighted by Gasteiger charge is -2.33. The first-order chi connectivity index (χ1) is 15.3. The van der Waals surface area contributed by atoms with Crippen LogP contribution >= 0.6 is 0 Å². The zero-order valence-electron chi connectivity index (χ0n) is 16.9. The summed E-state index contributed by atoms with van der Waals surface area (Å²) in [6, 6.07) is 11.1. The van der Waals surface area contributed by atoms with E-state index in [4.69, 9.17) is 9.47 Å². The van der Waals surface area contributed by atoms with E-state index in [1.807, 2.05) is 19.1 Å². The van der Waals surface area contributed by atoms with E-state index in [0.717, 1.165) is 15.8 Å². The van der Waals surface area contributed by atoms with Gasteiger partial charge in [-0.05, 0) is 24.6 Å². The molecule has 2 aliphatic rings. The summed E-state index contributed by atoms with van der Waals surface area (Å²) < 4.78 is 52.9. The highest BCUT2D eigenvalue weighted by atomic mass is 19.4. The summed E-state index contributed by atoms with van der Waals surface area (Å²) in [5.41, 5.74) is 2.06. The minimum absolute atomic E-state index is 0.0904. The van der Waals surface area contributed by atoms with E-state index < -0.39 is 24.2 Å². The molecule has 10 heteroatoms. The smallest absolute Gasteiger partial charge is 0.410 e. The van der Waals surface area contributed by atoms with Crippen LogP contribution in [0.4, 0.5) is 24.7 Å². The summed E-state index contributed by atoms with van der Waals surface area (Å²) in [6.07, 6.45) is -4.75. The Morgan fingerprint density at radius 3 is 2.62 bits per heavy atom. The molecule has 166 valence electrons. The highest BCUT2D eigenvalue weighted by molar-refractivity contribution is 6.03. The Kier molecular flexibility index (Phi) is 4.72. The molecular weight excluding hydrogens is 425 g/mol. The van der Waals surface area contributed by atoms with Gasteiger partial charge in [-0.2, -0.15) is 18.3 Å². The van der Waals surface area contributed by atoms with Crippen LogP contribution in [0.1, 0.15) is 40.1 Å². The summed E-state index contributed by atoms with van der Waals surface area (Å²) >= 11 is 0. The van der Waals surface area contributed by atoms with Gasteiger partial charge < -0.3 is 20.1 Å². The molecule has 0 saturated heterocycles. The molecule has 2 N–H and O–H groups in total. The number of rotatable bonds is 3. The van der Waals surface area contributed by atoms with Gasteiger partial charge in [-0.15, -0.1) is 0 Å². The average molecular weight is 444 g/mol. The fourth-order valence-corrected chi connectivity index (χ4v) is 3.87. The van der Waals surface area contributed by atoms with E-state index >= 15 is 0 Å². The number of aryl methyl sites for hydroxylation is 1. The maximum atomic E-state index is 13.8. The topological polar surface area (TPSA) is 77.4 Å². The second-order valence-electron chi connectivity index (χ2n) is 7.78. The van der Waals surface area contributed by atoms with Crippen molar-refractivity contribution in [3.05, 3.63) is 65.4 Å². The van der Waals surface area contributed by atoms with Crippen LogP contribution in [0.3, 0.4) is 0 Å². The average Bonchev–Trinajstić information content (AvgIpc) is 3.39. The number of anilines is 2. The molecule has 0 unspecified atom stereocenters. The molecule has 0 saturated carbocycles. The molecule has 2 atom stereocenters. The van der Waals surface area contributed by atoms with Gasteiger partial charge in [0, 0.05) is 24.2 Å². The van der Waals surface area contributed by atoms with Crippen molar-refractivity contribution in [1.29, 1.82) is 0 Å². The summed E-state index contributed by atoms with van der Waals surface area (Å²) in [5, 5.41) is 9.71. The lowest BCUT2D eigenvalue weighted by Crippen LogP contribution is -2.35. The number of hydrogen-bond acceptors (Lipinski definition) is 5. The molecule has 3 heterocycles. The van der Waals surface area contributed by atoms with Gasteiger partial charge in [-0.25, -0.2) is 4.68 Å². The monoisotopic (exact) mass is 444 g/mol. The number of ether oxygens (including phenoxy) is 2. The van der Waals surface area contributed by atoms with Crippen LogP contribution in [0, 0.1) is 6.92 Å². The number of benzene rings is 2. The van der Waals surface area contributed by atoms with Crippen molar-refractivity contribution in [2.75, 3.05) is 17.4 Å². The van der Waals surface area contributed by atoms with Crippen LogP contribution in [-0.2, 0) is 0 Å². The summed E-state index contributed by atoms with van der Waals surface area (Å²) in [5.74, 6) is 0.548. The Labute approximate surface area is 181 Å². The molecule has 2 aromatic carbocycles. The summed E-state index contributed by atoms with van der Waals surface area (Å²) in [7, 11) is 0. The lowest BCUT2D eigenvalue weighted by molar-refractivity contribution is -0.173. The highest BCUT2D eigenvalue weighted by Gasteiger charge is 2.46. The van der Waals surface area contributed by atoms with E-state index in [1.54, 1.807) is 30.3 Å². The van der Waals surface area contributed by atoms with Crippen molar-refractivity contribution in [2.45, 2.75) is 31.6 Å². The first-order valence-corrected chi connectivity index (χ1v) is 9.98. The third-order valence-corrected chi connectivity index (χ3v) is 5.53. The molecule has 0 bridgehead atoms. The number of nitrogens with zero attached hydrogens (tertiary/aromatic N) is 2. The van der Waals surface area contributed by atoms with Gasteiger partial charge in [-0.1, -0.05) is 29.8 Å². The number of halogens is 3. The minimum Gasteiger partial charge on any atom is -0.454 e. The number of hydrogen-bond donors (Lipinski definition) is 2. The highest BCUT2D eigenvalue weighted by Crippen LogP contribution is 2.43. The summed E-state index contributed by atoms with van der Waals surface area (Å²) in [4.78, 5) is 12.7. The van der Waals surface area contributed by atoms with Gasteiger partial charge in [0.15, 0.2) is 23.2 Å². The van der Waals surface area contributed by atoms with Crippen molar-refractivity contribution < 1.29 is 27.4 Å². The quantitative estimate of drug-likeness (QED) is 0.605. The second-order valence-corrected chi connectivity index (χ2v) is 7.78. The van der Waals surface area contributed by atoms with E-state index in [2.05, 4.69) is 15.7 Å². The van der Waals surface area contributed by atoms with Crippen molar-refractivity contribution >= 4 is 17.4 Å². The SMILES string of the molecule is Cc1ccc([C@H]2C[C@@H](C(F)(F)F)n3nc(C(=O)Nc4ccc5c(c4)OCO5)cc3N2)cc1. The van der Waals surface area contributed by atoms with Crippen molar-refractivity contribution in [2.24, 2.45) is 0 Å². The maximum Gasteiger partial charge on any atom is 0.410 e. The van der Waals surface area contributed by atoms with Crippen molar-refractivity contribution in [3.8, 4) is 11.5 Å². The fraction of sp³-hybridized carbons (Fsp3) is 0.273. The number of fused-ring (bicyclic) bond motifs is 2. The third-order valence-electron chi connectivity index (χ3n) is 5.53. The van der Waals surface area contributed by atoms with E-state index in [9.17, 15) is 18.0 Å². The predicted molar refractivity (Wildman–Crippen MR) is 110 cm³/mol. The Hall–Kier alpha value is -3.69. The molecule has 0 spiro atoms. The standard InChI is InChI=1S/C22H19F3N4O3/c1-12-2-4-13(5-3-12)15-9-19(22(23,24)25)29-20(27-15)10-16(28-29)21(30)26-14-6-7-17-18(8-14)32-11-31-17/h2-8,10,15,19,27H,9,11H2,1H3,(H,26,30)/t15-,19+/m1/s1. The first-order valence-electron chi connectivity index (χ1n) is 9.98. The number of amides is 1. The lowest BCUT2D eigenvalue weighted by atomic mass is 9.96. The van der Waals surface area contributed by atoms with Crippen LogP contribution in [0.15, 0.2) is 48.5 Å². The number of nitrogens with one attached hydrogen (secondary N) is 2. The molecule has 7 nitrogen and oxygen atoms in total. The molecule has 32 heavy (non-hydrogen) atoms. The maximum absolute atomic E-state index is 13.8. The molecule has 0 aliphatic carbocycles. The minimum atomic E-state index is -4.52. The molecule has 3 aromatic rings. The predicted octanol–water partition coefficient (Wildman–Crippen LogP) is 4.83. The Morgan fingerprint density at radius 1 is 1.12 bits per heavy atom. The third kappa shape index (κ3) is 3.72. The van der Waals surface area contributed by atoms with E-state index in [1.165, 1.54) is 6.07 Å². The molecule has 2 aliphatic heterocycles. The number of carbonyl (C=O) groups is 1. The number of aromatic nitrogens is 2. The second kappa shape index (κ2) is 7.47. The van der Waals surface area contributed by atoms with Gasteiger partial charge in [-0.3, -0.25) is 4.79 Å². The van der Waals surface area contributed by atoms with Gasteiger partial charge >= 0.3 is 6.18 Å². The fourth-order valence-electron chi connectivity index (χ4n) is 3.87. The molecule has 0 radical (unpaired) electrons. The zero-order chi connectivity index (χ0) is 22.5. The van der Waals surface area contributed by atoms with Gasteiger partial charge in [0.1, 0.15) is 5.82 Å². The molecule has 1 amide bonds. The van der Waals surface area contributed by atoms with Crippen LogP contribution in [0.25, 0.3) is 0 Å². The zero-order valence-corrected chi connectivity index (χ0v) is 16.9. The molecule has 1 aromatic heterocycles. The van der Waals surface area contributed by atoms with E-state index in [-0.39, 0.29) is 24.7 Å².